The first kappa shape index (κ1) is 19.0. The molecule has 0 saturated heterocycles. The molecule has 1 aromatic heterocycles. The second-order valence-corrected chi connectivity index (χ2v) is 7.51. The van der Waals surface area contributed by atoms with Crippen molar-refractivity contribution in [3.63, 3.8) is 0 Å². The van der Waals surface area contributed by atoms with Gasteiger partial charge in [0, 0.05) is 28.2 Å². The van der Waals surface area contributed by atoms with Crippen LogP contribution in [-0.4, -0.2) is 19.6 Å². The SMILES string of the molecule is C#CCOc1ccc([C@@H]2CC(=O)Nc3c(-c4ccc(F)cc4)csc32)cc1OC. The maximum Gasteiger partial charge on any atom is 0.225 e. The summed E-state index contributed by atoms with van der Waals surface area (Å²) in [6, 6.07) is 11.9. The lowest BCUT2D eigenvalue weighted by Gasteiger charge is -2.24. The summed E-state index contributed by atoms with van der Waals surface area (Å²) in [4.78, 5) is 13.5. The Morgan fingerprint density at radius 2 is 2.03 bits per heavy atom. The highest BCUT2D eigenvalue weighted by Gasteiger charge is 2.31. The van der Waals surface area contributed by atoms with Crippen LogP contribution in [0.1, 0.15) is 22.8 Å². The van der Waals surface area contributed by atoms with Crippen molar-refractivity contribution in [3.8, 4) is 35.0 Å². The van der Waals surface area contributed by atoms with Gasteiger partial charge in [-0.15, -0.1) is 17.8 Å². The van der Waals surface area contributed by atoms with Crippen LogP contribution in [0.2, 0.25) is 0 Å². The van der Waals surface area contributed by atoms with Gasteiger partial charge in [-0.1, -0.05) is 24.1 Å². The lowest BCUT2D eigenvalue weighted by molar-refractivity contribution is -0.116. The van der Waals surface area contributed by atoms with E-state index in [1.165, 1.54) is 12.1 Å². The van der Waals surface area contributed by atoms with Crippen molar-refractivity contribution in [2.24, 2.45) is 0 Å². The number of hydrogen-bond acceptors (Lipinski definition) is 4. The van der Waals surface area contributed by atoms with E-state index in [4.69, 9.17) is 15.9 Å². The molecule has 0 aliphatic carbocycles. The fourth-order valence-corrected chi connectivity index (χ4v) is 4.64. The summed E-state index contributed by atoms with van der Waals surface area (Å²) < 4.78 is 24.3. The molecule has 4 nitrogen and oxygen atoms in total. The molecule has 0 unspecified atom stereocenters. The second-order valence-electron chi connectivity index (χ2n) is 6.60. The number of rotatable bonds is 5. The molecule has 29 heavy (non-hydrogen) atoms. The first-order valence-corrected chi connectivity index (χ1v) is 9.90. The molecule has 1 amide bonds. The van der Waals surface area contributed by atoms with Gasteiger partial charge in [-0.05, 0) is 35.4 Å². The average Bonchev–Trinajstić information content (AvgIpc) is 3.15. The first-order chi connectivity index (χ1) is 14.1. The lowest BCUT2D eigenvalue weighted by atomic mass is 9.89. The molecule has 2 heterocycles. The van der Waals surface area contributed by atoms with Crippen LogP contribution in [0.3, 0.4) is 0 Å². The number of halogens is 1. The Morgan fingerprint density at radius 3 is 2.76 bits per heavy atom. The molecule has 2 aromatic carbocycles. The minimum Gasteiger partial charge on any atom is -0.493 e. The number of benzene rings is 2. The third-order valence-electron chi connectivity index (χ3n) is 4.85. The van der Waals surface area contributed by atoms with E-state index in [0.717, 1.165) is 27.3 Å². The monoisotopic (exact) mass is 407 g/mol. The number of carbonyl (C=O) groups is 1. The van der Waals surface area contributed by atoms with Crippen molar-refractivity contribution < 1.29 is 18.7 Å². The number of amides is 1. The molecule has 1 N–H and O–H groups in total. The minimum absolute atomic E-state index is 0.0594. The van der Waals surface area contributed by atoms with Crippen LogP contribution in [0.5, 0.6) is 11.5 Å². The van der Waals surface area contributed by atoms with Crippen molar-refractivity contribution in [1.82, 2.24) is 0 Å². The van der Waals surface area contributed by atoms with Gasteiger partial charge in [0.05, 0.1) is 12.8 Å². The number of hydrogen-bond donors (Lipinski definition) is 1. The number of thiophene rings is 1. The molecule has 4 rings (SSSR count). The average molecular weight is 407 g/mol. The van der Waals surface area contributed by atoms with Crippen LogP contribution in [0, 0.1) is 18.2 Å². The second kappa shape index (κ2) is 7.98. The van der Waals surface area contributed by atoms with Gasteiger partial charge < -0.3 is 14.8 Å². The summed E-state index contributed by atoms with van der Waals surface area (Å²) in [6.45, 7) is 0.150. The Labute approximate surface area is 172 Å². The summed E-state index contributed by atoms with van der Waals surface area (Å²) in [5.74, 6) is 3.11. The first-order valence-electron chi connectivity index (χ1n) is 9.02. The van der Waals surface area contributed by atoms with Gasteiger partial charge in [0.15, 0.2) is 11.5 Å². The number of carbonyl (C=O) groups excluding carboxylic acids is 1. The fourth-order valence-electron chi connectivity index (χ4n) is 3.48. The highest BCUT2D eigenvalue weighted by Crippen LogP contribution is 2.47. The zero-order chi connectivity index (χ0) is 20.4. The third kappa shape index (κ3) is 3.69. The van der Waals surface area contributed by atoms with Gasteiger partial charge in [-0.25, -0.2) is 4.39 Å². The molecule has 0 spiro atoms. The largest absolute Gasteiger partial charge is 0.493 e. The van der Waals surface area contributed by atoms with Crippen molar-refractivity contribution in [1.29, 1.82) is 0 Å². The van der Waals surface area contributed by atoms with Gasteiger partial charge in [0.1, 0.15) is 12.4 Å². The fraction of sp³-hybridized carbons (Fsp3) is 0.174. The molecular weight excluding hydrogens is 389 g/mol. The normalized spacial score (nSPS) is 15.2. The Balaban J connectivity index is 1.73. The predicted octanol–water partition coefficient (Wildman–Crippen LogP) is 5.05. The summed E-state index contributed by atoms with van der Waals surface area (Å²) >= 11 is 1.58. The lowest BCUT2D eigenvalue weighted by Crippen LogP contribution is -2.22. The standard InChI is InChI=1S/C23H18FNO3S/c1-3-10-28-19-9-6-15(11-20(19)27-2)17-12-21(26)25-22-18(13-29-23(17)22)14-4-7-16(24)8-5-14/h1,4-9,11,13,17H,10,12H2,2H3,(H,25,26)/t17-/m0/s1. The van der Waals surface area contributed by atoms with Gasteiger partial charge >= 0.3 is 0 Å². The van der Waals surface area contributed by atoms with E-state index >= 15 is 0 Å². The van der Waals surface area contributed by atoms with E-state index in [1.54, 1.807) is 30.6 Å². The van der Waals surface area contributed by atoms with E-state index in [0.29, 0.717) is 17.9 Å². The van der Waals surface area contributed by atoms with Crippen molar-refractivity contribution in [2.75, 3.05) is 19.0 Å². The van der Waals surface area contributed by atoms with E-state index in [2.05, 4.69) is 11.2 Å². The number of methoxy groups -OCH3 is 1. The van der Waals surface area contributed by atoms with E-state index < -0.39 is 0 Å². The topological polar surface area (TPSA) is 47.6 Å². The Bertz CT molecular complexity index is 1100. The molecule has 1 atom stereocenters. The maximum atomic E-state index is 13.3. The highest BCUT2D eigenvalue weighted by atomic mass is 32.1. The van der Waals surface area contributed by atoms with Gasteiger partial charge in [0.25, 0.3) is 0 Å². The Morgan fingerprint density at radius 1 is 1.24 bits per heavy atom. The summed E-state index contributed by atoms with van der Waals surface area (Å²) in [7, 11) is 1.57. The van der Waals surface area contributed by atoms with E-state index in [1.807, 2.05) is 23.6 Å². The Kier molecular flexibility index (Phi) is 5.24. The smallest absolute Gasteiger partial charge is 0.225 e. The number of terminal acetylenes is 1. The number of fused-ring (bicyclic) bond motifs is 1. The van der Waals surface area contributed by atoms with Gasteiger partial charge in [-0.2, -0.15) is 0 Å². The maximum absolute atomic E-state index is 13.3. The van der Waals surface area contributed by atoms with Crippen molar-refractivity contribution in [3.05, 3.63) is 64.1 Å². The zero-order valence-corrected chi connectivity index (χ0v) is 16.5. The molecule has 1 aliphatic heterocycles. The third-order valence-corrected chi connectivity index (χ3v) is 5.94. The number of ether oxygens (including phenoxy) is 2. The highest BCUT2D eigenvalue weighted by molar-refractivity contribution is 7.11. The quantitative estimate of drug-likeness (QED) is 0.602. The number of nitrogens with one attached hydrogen (secondary N) is 1. The molecule has 3 aromatic rings. The zero-order valence-electron chi connectivity index (χ0n) is 15.7. The van der Waals surface area contributed by atoms with Crippen LogP contribution in [0.25, 0.3) is 11.1 Å². The number of anilines is 1. The summed E-state index contributed by atoms with van der Waals surface area (Å²) in [6.07, 6.45) is 5.60. The molecule has 0 bridgehead atoms. The van der Waals surface area contributed by atoms with Crippen LogP contribution in [0.15, 0.2) is 47.8 Å². The van der Waals surface area contributed by atoms with Gasteiger partial charge in [0.2, 0.25) is 5.91 Å². The molecule has 6 heteroatoms. The van der Waals surface area contributed by atoms with E-state index in [9.17, 15) is 9.18 Å². The summed E-state index contributed by atoms with van der Waals surface area (Å²) in [5, 5.41) is 4.99. The van der Waals surface area contributed by atoms with E-state index in [-0.39, 0.29) is 24.2 Å². The molecule has 146 valence electrons. The summed E-state index contributed by atoms with van der Waals surface area (Å²) in [5.41, 5.74) is 3.50. The van der Waals surface area contributed by atoms with Crippen LogP contribution in [-0.2, 0) is 4.79 Å². The molecule has 1 aliphatic rings. The molecule has 0 radical (unpaired) electrons. The molecular formula is C23H18FNO3S. The Hall–Kier alpha value is -3.30. The van der Waals surface area contributed by atoms with Crippen LogP contribution >= 0.6 is 11.3 Å². The van der Waals surface area contributed by atoms with Crippen molar-refractivity contribution >= 4 is 22.9 Å². The predicted molar refractivity (Wildman–Crippen MR) is 112 cm³/mol. The van der Waals surface area contributed by atoms with Crippen LogP contribution < -0.4 is 14.8 Å². The van der Waals surface area contributed by atoms with Crippen molar-refractivity contribution in [2.45, 2.75) is 12.3 Å². The minimum atomic E-state index is -0.293. The van der Waals surface area contributed by atoms with Crippen LogP contribution in [0.4, 0.5) is 10.1 Å². The van der Waals surface area contributed by atoms with Gasteiger partial charge in [-0.3, -0.25) is 4.79 Å². The molecule has 0 fully saturated rings. The molecule has 0 saturated carbocycles.